The molecule has 12 rings (SSSR count). The number of benzene rings is 9. The minimum Gasteiger partial charge on any atom is -0.310 e. The molecule has 0 atom stereocenters. The molecule has 0 unspecified atom stereocenters. The molecule has 3 aromatic heterocycles. The number of rotatable bonds is 6. The van der Waals surface area contributed by atoms with Crippen molar-refractivity contribution in [1.29, 1.82) is 0 Å². The van der Waals surface area contributed by atoms with E-state index in [1.54, 1.807) is 0 Å². The predicted molar refractivity (Wildman–Crippen MR) is 252 cm³/mol. The maximum Gasteiger partial charge on any atom is 0.0788 e. The van der Waals surface area contributed by atoms with Crippen LogP contribution in [0.5, 0.6) is 0 Å². The van der Waals surface area contributed by atoms with E-state index in [9.17, 15) is 0 Å². The number of pyridine rings is 1. The van der Waals surface area contributed by atoms with Crippen LogP contribution < -0.4 is 4.90 Å². The van der Waals surface area contributed by atoms with Gasteiger partial charge in [-0.15, -0.1) is 11.3 Å². The van der Waals surface area contributed by atoms with Crippen molar-refractivity contribution in [1.82, 2.24) is 9.55 Å². The fourth-order valence-corrected chi connectivity index (χ4v) is 10.2. The van der Waals surface area contributed by atoms with Crippen LogP contribution in [0.25, 0.3) is 91.7 Å². The van der Waals surface area contributed by atoms with Gasteiger partial charge in [0.05, 0.1) is 22.2 Å². The molecular weight excluding hydrogens is 735 g/mol. The molecule has 4 heteroatoms. The Morgan fingerprint density at radius 2 is 0.949 bits per heavy atom. The van der Waals surface area contributed by atoms with Gasteiger partial charge in [0.25, 0.3) is 0 Å². The van der Waals surface area contributed by atoms with Crippen LogP contribution in [0.15, 0.2) is 212 Å². The van der Waals surface area contributed by atoms with Crippen LogP contribution in [0.3, 0.4) is 0 Å². The molecule has 3 nitrogen and oxygen atoms in total. The summed E-state index contributed by atoms with van der Waals surface area (Å²) in [6.07, 6.45) is 0. The zero-order valence-electron chi connectivity index (χ0n) is 32.0. The SMILES string of the molecule is c1ccc(-c2ccc(N(c3ccc(-c4nc5ccccc5c5c4ccc4c5c5ccccc5n4-c4ccccc4)cc3)c3ccc4c(c3)sc3ccccc34)cc2)cc1. The van der Waals surface area contributed by atoms with Crippen molar-refractivity contribution in [3.05, 3.63) is 212 Å². The second-order valence-electron chi connectivity index (χ2n) is 15.1. The van der Waals surface area contributed by atoms with Crippen molar-refractivity contribution in [2.45, 2.75) is 0 Å². The first kappa shape index (κ1) is 33.6. The lowest BCUT2D eigenvalue weighted by atomic mass is 9.96. The summed E-state index contributed by atoms with van der Waals surface area (Å²) >= 11 is 1.85. The zero-order chi connectivity index (χ0) is 38.9. The Morgan fingerprint density at radius 1 is 0.373 bits per heavy atom. The molecule has 0 bridgehead atoms. The first-order valence-electron chi connectivity index (χ1n) is 20.0. The fourth-order valence-electron chi connectivity index (χ4n) is 9.08. The highest BCUT2D eigenvalue weighted by molar-refractivity contribution is 7.25. The normalized spacial score (nSPS) is 11.7. The van der Waals surface area contributed by atoms with E-state index in [-0.39, 0.29) is 0 Å². The Kier molecular flexibility index (Phi) is 7.72. The lowest BCUT2D eigenvalue weighted by Crippen LogP contribution is -2.09. The van der Waals surface area contributed by atoms with E-state index in [0.29, 0.717) is 0 Å². The zero-order valence-corrected chi connectivity index (χ0v) is 32.8. The van der Waals surface area contributed by atoms with Crippen LogP contribution in [-0.4, -0.2) is 9.55 Å². The molecule has 0 fully saturated rings. The van der Waals surface area contributed by atoms with Gasteiger partial charge in [-0.2, -0.15) is 0 Å². The maximum absolute atomic E-state index is 5.39. The average Bonchev–Trinajstić information content (AvgIpc) is 3.85. The van der Waals surface area contributed by atoms with Crippen molar-refractivity contribution in [3.63, 3.8) is 0 Å². The Hall–Kier alpha value is -7.53. The Balaban J connectivity index is 1.03. The molecule has 12 aromatic rings. The van der Waals surface area contributed by atoms with Crippen molar-refractivity contribution in [2.75, 3.05) is 4.90 Å². The third kappa shape index (κ3) is 5.45. The Bertz CT molecular complexity index is 3530. The minimum atomic E-state index is 0.981. The summed E-state index contributed by atoms with van der Waals surface area (Å²) in [5.74, 6) is 0. The number of anilines is 3. The number of hydrogen-bond acceptors (Lipinski definition) is 3. The van der Waals surface area contributed by atoms with Crippen LogP contribution in [-0.2, 0) is 0 Å². The monoisotopic (exact) mass is 769 g/mol. The van der Waals surface area contributed by atoms with Crippen LogP contribution in [0.1, 0.15) is 0 Å². The molecule has 0 aliphatic carbocycles. The largest absolute Gasteiger partial charge is 0.310 e. The molecule has 0 amide bonds. The second kappa shape index (κ2) is 13.6. The smallest absolute Gasteiger partial charge is 0.0788 e. The first-order valence-corrected chi connectivity index (χ1v) is 20.9. The molecular formula is C55H35N3S. The Morgan fingerprint density at radius 3 is 1.73 bits per heavy atom. The molecule has 0 radical (unpaired) electrons. The molecule has 9 aromatic carbocycles. The van der Waals surface area contributed by atoms with E-state index in [1.807, 2.05) is 11.3 Å². The minimum absolute atomic E-state index is 0.981. The van der Waals surface area contributed by atoms with E-state index in [4.69, 9.17) is 4.98 Å². The van der Waals surface area contributed by atoms with E-state index in [0.717, 1.165) is 50.3 Å². The summed E-state index contributed by atoms with van der Waals surface area (Å²) in [5, 5.41) is 8.61. The lowest BCUT2D eigenvalue weighted by molar-refractivity contribution is 1.18. The van der Waals surface area contributed by atoms with E-state index in [2.05, 4.69) is 222 Å². The third-order valence-corrected chi connectivity index (χ3v) is 12.9. The summed E-state index contributed by atoms with van der Waals surface area (Å²) in [6.45, 7) is 0. The molecule has 0 N–H and O–H groups in total. The van der Waals surface area contributed by atoms with Gasteiger partial charge in [0.2, 0.25) is 0 Å². The number of para-hydroxylation sites is 3. The van der Waals surface area contributed by atoms with Gasteiger partial charge < -0.3 is 9.47 Å². The van der Waals surface area contributed by atoms with Gasteiger partial charge in [-0.25, -0.2) is 4.98 Å². The average molecular weight is 770 g/mol. The van der Waals surface area contributed by atoms with Gasteiger partial charge >= 0.3 is 0 Å². The molecule has 0 saturated carbocycles. The van der Waals surface area contributed by atoms with Crippen LogP contribution in [0, 0.1) is 0 Å². The van der Waals surface area contributed by atoms with Gasteiger partial charge in [-0.1, -0.05) is 140 Å². The van der Waals surface area contributed by atoms with E-state index >= 15 is 0 Å². The van der Waals surface area contributed by atoms with E-state index in [1.165, 1.54) is 58.5 Å². The second-order valence-corrected chi connectivity index (χ2v) is 16.2. The van der Waals surface area contributed by atoms with Crippen LogP contribution in [0.4, 0.5) is 17.1 Å². The first-order chi connectivity index (χ1) is 29.3. The van der Waals surface area contributed by atoms with Crippen LogP contribution >= 0.6 is 11.3 Å². The number of fused-ring (bicyclic) bond motifs is 10. The van der Waals surface area contributed by atoms with E-state index < -0.39 is 0 Å². The van der Waals surface area contributed by atoms with Crippen molar-refractivity contribution in [2.24, 2.45) is 0 Å². The Labute approximate surface area is 345 Å². The number of nitrogens with zero attached hydrogens (tertiary/aromatic N) is 3. The highest BCUT2D eigenvalue weighted by Crippen LogP contribution is 2.44. The molecule has 0 spiro atoms. The quantitative estimate of drug-likeness (QED) is 0.157. The number of aromatic nitrogens is 2. The van der Waals surface area contributed by atoms with Gasteiger partial charge in [0.1, 0.15) is 0 Å². The van der Waals surface area contributed by atoms with Gasteiger partial charge in [0, 0.05) is 75.4 Å². The fraction of sp³-hybridized carbons (Fsp3) is 0. The molecule has 3 heterocycles. The number of thiophene rings is 1. The molecule has 0 saturated heterocycles. The number of hydrogen-bond donors (Lipinski definition) is 0. The maximum atomic E-state index is 5.39. The van der Waals surface area contributed by atoms with Gasteiger partial charge in [-0.3, -0.25) is 0 Å². The lowest BCUT2D eigenvalue weighted by Gasteiger charge is -2.26. The van der Waals surface area contributed by atoms with Crippen molar-refractivity contribution < 1.29 is 0 Å². The molecule has 0 aliphatic heterocycles. The highest BCUT2D eigenvalue weighted by Gasteiger charge is 2.20. The highest BCUT2D eigenvalue weighted by atomic mass is 32.1. The van der Waals surface area contributed by atoms with Crippen molar-refractivity contribution >= 4 is 92.1 Å². The van der Waals surface area contributed by atoms with Gasteiger partial charge in [0.15, 0.2) is 0 Å². The van der Waals surface area contributed by atoms with Crippen LogP contribution in [0.2, 0.25) is 0 Å². The third-order valence-electron chi connectivity index (χ3n) is 11.8. The molecule has 0 aliphatic rings. The molecule has 59 heavy (non-hydrogen) atoms. The summed E-state index contributed by atoms with van der Waals surface area (Å²) in [4.78, 5) is 7.76. The standard InChI is InChI=1S/C55H35N3S/c1-3-13-36(14-4-1)37-23-27-40(28-24-37)57(42-31-32-44-43-17-9-12-22-51(43)59-52(44)35-42)41-29-25-38(26-30-41)55-47-33-34-50-54(53(47)45-18-7-10-20-48(45)56-55)46-19-8-11-21-49(46)58(50)39-15-5-2-6-16-39/h1-35H. The summed E-state index contributed by atoms with van der Waals surface area (Å²) in [5.41, 5.74) is 12.3. The topological polar surface area (TPSA) is 21.1 Å². The van der Waals surface area contributed by atoms with Gasteiger partial charge in [-0.05, 0) is 83.9 Å². The summed E-state index contributed by atoms with van der Waals surface area (Å²) in [6, 6.07) is 76.7. The van der Waals surface area contributed by atoms with Crippen molar-refractivity contribution in [3.8, 4) is 28.1 Å². The summed E-state index contributed by atoms with van der Waals surface area (Å²) < 4.78 is 4.98. The predicted octanol–water partition coefficient (Wildman–Crippen LogP) is 15.7. The summed E-state index contributed by atoms with van der Waals surface area (Å²) in [7, 11) is 0. The molecule has 276 valence electrons.